The molecular formula is C14H16ClNO5. The van der Waals surface area contributed by atoms with E-state index in [2.05, 4.69) is 4.74 Å². The molecule has 1 heterocycles. The molecular weight excluding hydrogens is 298 g/mol. The first-order valence-electron chi connectivity index (χ1n) is 6.48. The van der Waals surface area contributed by atoms with Gasteiger partial charge < -0.3 is 19.1 Å². The highest BCUT2D eigenvalue weighted by molar-refractivity contribution is 6.31. The predicted molar refractivity (Wildman–Crippen MR) is 75.7 cm³/mol. The van der Waals surface area contributed by atoms with Gasteiger partial charge in [0.15, 0.2) is 6.61 Å². The van der Waals surface area contributed by atoms with Crippen molar-refractivity contribution in [1.29, 1.82) is 0 Å². The molecule has 114 valence electrons. The lowest BCUT2D eigenvalue weighted by Crippen LogP contribution is -2.43. The largest absolute Gasteiger partial charge is 0.483 e. The van der Waals surface area contributed by atoms with Crippen LogP contribution in [0.3, 0.4) is 0 Å². The Labute approximate surface area is 127 Å². The number of amides is 1. The first-order valence-corrected chi connectivity index (χ1v) is 6.86. The van der Waals surface area contributed by atoms with Crippen molar-refractivity contribution >= 4 is 23.5 Å². The number of ether oxygens (including phenoxy) is 3. The van der Waals surface area contributed by atoms with Gasteiger partial charge >= 0.3 is 5.97 Å². The molecule has 0 spiro atoms. The van der Waals surface area contributed by atoms with E-state index in [0.29, 0.717) is 31.3 Å². The van der Waals surface area contributed by atoms with Crippen LogP contribution in [0.2, 0.25) is 5.02 Å². The molecule has 0 aliphatic carbocycles. The minimum Gasteiger partial charge on any atom is -0.483 e. The molecule has 0 unspecified atom stereocenters. The fourth-order valence-electron chi connectivity index (χ4n) is 1.94. The van der Waals surface area contributed by atoms with E-state index in [1.807, 2.05) is 0 Å². The monoisotopic (exact) mass is 313 g/mol. The maximum Gasteiger partial charge on any atom is 0.341 e. The lowest BCUT2D eigenvalue weighted by atomic mass is 10.2. The third-order valence-electron chi connectivity index (χ3n) is 3.06. The molecule has 0 N–H and O–H groups in total. The number of carbonyl (C=O) groups is 2. The summed E-state index contributed by atoms with van der Waals surface area (Å²) < 4.78 is 15.3. The highest BCUT2D eigenvalue weighted by Crippen LogP contribution is 2.23. The van der Waals surface area contributed by atoms with E-state index in [4.69, 9.17) is 21.1 Å². The first kappa shape index (κ1) is 15.6. The van der Waals surface area contributed by atoms with Crippen LogP contribution in [0.1, 0.15) is 10.4 Å². The molecule has 1 saturated heterocycles. The summed E-state index contributed by atoms with van der Waals surface area (Å²) in [5.74, 6) is -0.441. The molecule has 0 radical (unpaired) electrons. The average Bonchev–Trinajstić information content (AvgIpc) is 2.53. The molecule has 0 aromatic heterocycles. The molecule has 7 heteroatoms. The summed E-state index contributed by atoms with van der Waals surface area (Å²) in [6, 6.07) is 4.58. The van der Waals surface area contributed by atoms with Crippen molar-refractivity contribution in [3.63, 3.8) is 0 Å². The highest BCUT2D eigenvalue weighted by atomic mass is 35.5. The van der Waals surface area contributed by atoms with Crippen molar-refractivity contribution in [2.75, 3.05) is 40.0 Å². The van der Waals surface area contributed by atoms with Crippen LogP contribution < -0.4 is 4.74 Å². The van der Waals surface area contributed by atoms with E-state index in [-0.39, 0.29) is 23.8 Å². The topological polar surface area (TPSA) is 65.1 Å². The molecule has 1 aliphatic rings. The molecule has 1 aromatic rings. The van der Waals surface area contributed by atoms with Crippen molar-refractivity contribution in [3.05, 3.63) is 28.8 Å². The van der Waals surface area contributed by atoms with E-state index in [1.54, 1.807) is 17.0 Å². The summed E-state index contributed by atoms with van der Waals surface area (Å²) >= 11 is 5.85. The summed E-state index contributed by atoms with van der Waals surface area (Å²) in [7, 11) is 1.27. The Kier molecular flexibility index (Phi) is 5.41. The lowest BCUT2D eigenvalue weighted by Gasteiger charge is -2.26. The molecule has 1 fully saturated rings. The van der Waals surface area contributed by atoms with Gasteiger partial charge in [-0.15, -0.1) is 0 Å². The molecule has 0 saturated carbocycles. The Morgan fingerprint density at radius 1 is 1.33 bits per heavy atom. The SMILES string of the molecule is COC(=O)c1cc(Cl)ccc1OCC(=O)N1CCOCC1. The van der Waals surface area contributed by atoms with Crippen LogP contribution in [0.5, 0.6) is 5.75 Å². The minimum atomic E-state index is -0.564. The number of morpholine rings is 1. The highest BCUT2D eigenvalue weighted by Gasteiger charge is 2.19. The molecule has 6 nitrogen and oxygen atoms in total. The number of carbonyl (C=O) groups excluding carboxylic acids is 2. The molecule has 1 aromatic carbocycles. The van der Waals surface area contributed by atoms with Gasteiger partial charge in [0.25, 0.3) is 5.91 Å². The summed E-state index contributed by atoms with van der Waals surface area (Å²) in [6.45, 7) is 2.01. The number of methoxy groups -OCH3 is 1. The number of nitrogens with zero attached hydrogens (tertiary/aromatic N) is 1. The van der Waals surface area contributed by atoms with Gasteiger partial charge in [0.1, 0.15) is 11.3 Å². The number of rotatable bonds is 4. The second-order valence-corrected chi connectivity index (χ2v) is 4.85. The van der Waals surface area contributed by atoms with Crippen LogP contribution in [-0.4, -0.2) is 56.8 Å². The van der Waals surface area contributed by atoms with Crippen LogP contribution in [-0.2, 0) is 14.3 Å². The second-order valence-electron chi connectivity index (χ2n) is 4.41. The van der Waals surface area contributed by atoms with E-state index in [0.717, 1.165) is 0 Å². The standard InChI is InChI=1S/C14H16ClNO5/c1-19-14(18)11-8-10(15)2-3-12(11)21-9-13(17)16-4-6-20-7-5-16/h2-3,8H,4-7,9H2,1H3. The molecule has 2 rings (SSSR count). The van der Waals surface area contributed by atoms with Crippen LogP contribution in [0, 0.1) is 0 Å². The summed E-state index contributed by atoms with van der Waals surface area (Å²) in [6.07, 6.45) is 0. The number of hydrogen-bond donors (Lipinski definition) is 0. The van der Waals surface area contributed by atoms with E-state index >= 15 is 0 Å². The van der Waals surface area contributed by atoms with Gasteiger partial charge in [-0.1, -0.05) is 11.6 Å². The van der Waals surface area contributed by atoms with Gasteiger partial charge in [-0.05, 0) is 18.2 Å². The Hall–Kier alpha value is -1.79. The lowest BCUT2D eigenvalue weighted by molar-refractivity contribution is -0.137. The second kappa shape index (κ2) is 7.28. The Balaban J connectivity index is 2.02. The Morgan fingerprint density at radius 2 is 2.05 bits per heavy atom. The zero-order valence-electron chi connectivity index (χ0n) is 11.6. The zero-order valence-corrected chi connectivity index (χ0v) is 12.4. The molecule has 1 amide bonds. The maximum atomic E-state index is 12.0. The van der Waals surface area contributed by atoms with Crippen LogP contribution in [0.4, 0.5) is 0 Å². The van der Waals surface area contributed by atoms with Gasteiger partial charge in [-0.25, -0.2) is 4.79 Å². The normalized spacial score (nSPS) is 14.7. The van der Waals surface area contributed by atoms with Gasteiger partial charge in [0.2, 0.25) is 0 Å². The number of halogens is 1. The number of benzene rings is 1. The Morgan fingerprint density at radius 3 is 2.71 bits per heavy atom. The average molecular weight is 314 g/mol. The fourth-order valence-corrected chi connectivity index (χ4v) is 2.11. The number of hydrogen-bond acceptors (Lipinski definition) is 5. The van der Waals surface area contributed by atoms with Crippen molar-refractivity contribution in [3.8, 4) is 5.75 Å². The summed E-state index contributed by atoms with van der Waals surface area (Å²) in [5.41, 5.74) is 0.194. The predicted octanol–water partition coefficient (Wildman–Crippen LogP) is 1.36. The van der Waals surface area contributed by atoms with Crippen molar-refractivity contribution in [2.24, 2.45) is 0 Å². The zero-order chi connectivity index (χ0) is 15.2. The van der Waals surface area contributed by atoms with Crippen LogP contribution in [0.15, 0.2) is 18.2 Å². The van der Waals surface area contributed by atoms with Crippen molar-refractivity contribution in [2.45, 2.75) is 0 Å². The van der Waals surface area contributed by atoms with Crippen molar-refractivity contribution < 1.29 is 23.8 Å². The van der Waals surface area contributed by atoms with Crippen molar-refractivity contribution in [1.82, 2.24) is 4.90 Å². The summed E-state index contributed by atoms with van der Waals surface area (Å²) in [5, 5.41) is 0.391. The maximum absolute atomic E-state index is 12.0. The smallest absolute Gasteiger partial charge is 0.341 e. The van der Waals surface area contributed by atoms with E-state index in [9.17, 15) is 9.59 Å². The molecule has 0 atom stereocenters. The van der Waals surface area contributed by atoms with Crippen LogP contribution >= 0.6 is 11.6 Å². The molecule has 1 aliphatic heterocycles. The van der Waals surface area contributed by atoms with E-state index in [1.165, 1.54) is 13.2 Å². The Bertz CT molecular complexity index is 528. The van der Waals surface area contributed by atoms with Gasteiger partial charge in [-0.3, -0.25) is 4.79 Å². The van der Waals surface area contributed by atoms with Crippen LogP contribution in [0.25, 0.3) is 0 Å². The van der Waals surface area contributed by atoms with Gasteiger partial charge in [0, 0.05) is 18.1 Å². The molecule has 21 heavy (non-hydrogen) atoms. The van der Waals surface area contributed by atoms with Gasteiger partial charge in [0.05, 0.1) is 20.3 Å². The fraction of sp³-hybridized carbons (Fsp3) is 0.429. The van der Waals surface area contributed by atoms with Gasteiger partial charge in [-0.2, -0.15) is 0 Å². The molecule has 0 bridgehead atoms. The summed E-state index contributed by atoms with van der Waals surface area (Å²) in [4.78, 5) is 25.3. The van der Waals surface area contributed by atoms with E-state index < -0.39 is 5.97 Å². The number of esters is 1. The minimum absolute atomic E-state index is 0.147. The quantitative estimate of drug-likeness (QED) is 0.785. The third-order valence-corrected chi connectivity index (χ3v) is 3.30. The third kappa shape index (κ3) is 4.09. The first-order chi connectivity index (χ1) is 10.1.